The Morgan fingerprint density at radius 1 is 1.44 bits per heavy atom. The maximum absolute atomic E-state index is 5.91. The summed E-state index contributed by atoms with van der Waals surface area (Å²) in [6, 6.07) is 7.64. The van der Waals surface area contributed by atoms with Crippen LogP contribution in [0.4, 0.5) is 0 Å². The summed E-state index contributed by atoms with van der Waals surface area (Å²) >= 11 is 7.50. The van der Waals surface area contributed by atoms with Crippen LogP contribution >= 0.6 is 23.4 Å². The number of hydrogen-bond acceptors (Lipinski definition) is 5. The number of halogens is 1. The summed E-state index contributed by atoms with van der Waals surface area (Å²) in [6.07, 6.45) is 0. The van der Waals surface area contributed by atoms with Crippen LogP contribution in [0.15, 0.2) is 33.7 Å². The van der Waals surface area contributed by atoms with Crippen LogP contribution in [0.1, 0.15) is 25.6 Å². The normalized spacial score (nSPS) is 11.8. The summed E-state index contributed by atoms with van der Waals surface area (Å²) in [5.41, 5.74) is 5.31. The zero-order valence-corrected chi connectivity index (χ0v) is 11.8. The highest BCUT2D eigenvalue weighted by Gasteiger charge is 2.21. The van der Waals surface area contributed by atoms with Gasteiger partial charge in [0.15, 0.2) is 5.82 Å². The number of benzene rings is 1. The minimum atomic E-state index is -0.581. The van der Waals surface area contributed by atoms with Crippen molar-refractivity contribution in [1.29, 1.82) is 0 Å². The lowest BCUT2D eigenvalue weighted by Gasteiger charge is -2.11. The van der Waals surface area contributed by atoms with Crippen molar-refractivity contribution in [2.75, 3.05) is 0 Å². The molecule has 0 aliphatic rings. The van der Waals surface area contributed by atoms with Gasteiger partial charge in [-0.2, -0.15) is 4.98 Å². The van der Waals surface area contributed by atoms with Gasteiger partial charge in [-0.15, -0.1) is 11.8 Å². The third-order valence-electron chi connectivity index (χ3n) is 2.20. The van der Waals surface area contributed by atoms with Crippen molar-refractivity contribution >= 4 is 23.4 Å². The molecule has 0 saturated carbocycles. The van der Waals surface area contributed by atoms with E-state index in [1.165, 1.54) is 0 Å². The number of hydrogen-bond donors (Lipinski definition) is 1. The number of nitrogens with two attached hydrogens (primary N) is 1. The Kier molecular flexibility index (Phi) is 3.94. The van der Waals surface area contributed by atoms with E-state index in [0.29, 0.717) is 22.5 Å². The second-order valence-corrected chi connectivity index (χ2v) is 5.96. The first-order valence-electron chi connectivity index (χ1n) is 5.45. The molecule has 0 bridgehead atoms. The minimum Gasteiger partial charge on any atom is -0.338 e. The largest absolute Gasteiger partial charge is 0.338 e. The second kappa shape index (κ2) is 5.30. The smallest absolute Gasteiger partial charge is 0.237 e. The molecule has 0 fully saturated rings. The summed E-state index contributed by atoms with van der Waals surface area (Å²) in [4.78, 5) is 5.33. The van der Waals surface area contributed by atoms with Gasteiger partial charge in [-0.3, -0.25) is 0 Å². The molecule has 96 valence electrons. The zero-order valence-electron chi connectivity index (χ0n) is 10.2. The molecule has 1 aromatic heterocycles. The van der Waals surface area contributed by atoms with Gasteiger partial charge in [0.25, 0.3) is 0 Å². The number of aromatic nitrogens is 2. The van der Waals surface area contributed by atoms with Crippen molar-refractivity contribution in [3.63, 3.8) is 0 Å². The molecule has 0 spiro atoms. The maximum atomic E-state index is 5.91. The summed E-state index contributed by atoms with van der Waals surface area (Å²) in [6.45, 7) is 3.68. The minimum absolute atomic E-state index is 0.518. The Morgan fingerprint density at radius 3 is 2.83 bits per heavy atom. The second-order valence-electron chi connectivity index (χ2n) is 4.48. The SMILES string of the molecule is CC(C)(N)c1noc(CSc2cccc(Cl)c2)n1. The van der Waals surface area contributed by atoms with Crippen LogP contribution in [0.2, 0.25) is 5.02 Å². The van der Waals surface area contributed by atoms with Crippen molar-refractivity contribution in [2.45, 2.75) is 30.0 Å². The zero-order chi connectivity index (χ0) is 13.2. The first kappa shape index (κ1) is 13.4. The van der Waals surface area contributed by atoms with Gasteiger partial charge in [0, 0.05) is 9.92 Å². The molecule has 1 aromatic carbocycles. The Labute approximate surface area is 115 Å². The van der Waals surface area contributed by atoms with Gasteiger partial charge in [0.1, 0.15) is 0 Å². The summed E-state index contributed by atoms with van der Waals surface area (Å²) in [5, 5.41) is 4.58. The molecule has 0 saturated heterocycles. The molecule has 2 aromatic rings. The lowest BCUT2D eigenvalue weighted by molar-refractivity contribution is 0.370. The quantitative estimate of drug-likeness (QED) is 0.873. The Balaban J connectivity index is 2.01. The van der Waals surface area contributed by atoms with Crippen LogP contribution in [0.25, 0.3) is 0 Å². The van der Waals surface area contributed by atoms with E-state index in [0.717, 1.165) is 4.90 Å². The average molecular weight is 284 g/mol. The number of rotatable bonds is 4. The van der Waals surface area contributed by atoms with E-state index in [1.54, 1.807) is 11.8 Å². The van der Waals surface area contributed by atoms with Gasteiger partial charge in [-0.1, -0.05) is 22.8 Å². The first-order chi connectivity index (χ1) is 8.45. The van der Waals surface area contributed by atoms with Crippen LogP contribution in [0, 0.1) is 0 Å². The van der Waals surface area contributed by atoms with Gasteiger partial charge in [-0.05, 0) is 32.0 Å². The molecule has 6 heteroatoms. The van der Waals surface area contributed by atoms with Gasteiger partial charge < -0.3 is 10.3 Å². The maximum Gasteiger partial charge on any atom is 0.237 e. The molecule has 2 rings (SSSR count). The molecule has 0 aliphatic heterocycles. The monoisotopic (exact) mass is 283 g/mol. The fourth-order valence-corrected chi connectivity index (χ4v) is 2.32. The Hall–Kier alpha value is -1.04. The lowest BCUT2D eigenvalue weighted by atomic mass is 10.1. The summed E-state index contributed by atoms with van der Waals surface area (Å²) in [7, 11) is 0. The van der Waals surface area contributed by atoms with Gasteiger partial charge in [0.2, 0.25) is 5.89 Å². The number of nitrogens with zero attached hydrogens (tertiary/aromatic N) is 2. The molecule has 4 nitrogen and oxygen atoms in total. The molecular weight excluding hydrogens is 270 g/mol. The predicted molar refractivity (Wildman–Crippen MR) is 72.5 cm³/mol. The molecule has 18 heavy (non-hydrogen) atoms. The fourth-order valence-electron chi connectivity index (χ4n) is 1.28. The first-order valence-corrected chi connectivity index (χ1v) is 6.82. The highest BCUT2D eigenvalue weighted by molar-refractivity contribution is 7.98. The van der Waals surface area contributed by atoms with Crippen molar-refractivity contribution < 1.29 is 4.52 Å². The van der Waals surface area contributed by atoms with Gasteiger partial charge in [-0.25, -0.2) is 0 Å². The van der Waals surface area contributed by atoms with E-state index in [1.807, 2.05) is 38.1 Å². The lowest BCUT2D eigenvalue weighted by Crippen LogP contribution is -2.30. The third-order valence-corrected chi connectivity index (χ3v) is 3.42. The van der Waals surface area contributed by atoms with E-state index in [4.69, 9.17) is 21.9 Å². The van der Waals surface area contributed by atoms with E-state index < -0.39 is 5.54 Å². The standard InChI is InChI=1S/C12H14ClN3OS/c1-12(2,14)11-15-10(17-16-11)7-18-9-5-3-4-8(13)6-9/h3-6H,7,14H2,1-2H3. The number of thioether (sulfide) groups is 1. The molecule has 0 amide bonds. The van der Waals surface area contributed by atoms with E-state index >= 15 is 0 Å². The van der Waals surface area contributed by atoms with Crippen LogP contribution < -0.4 is 5.73 Å². The van der Waals surface area contributed by atoms with Crippen molar-refractivity contribution in [3.8, 4) is 0 Å². The molecule has 0 unspecified atom stereocenters. The average Bonchev–Trinajstić information content (AvgIpc) is 2.74. The van der Waals surface area contributed by atoms with Crippen molar-refractivity contribution in [3.05, 3.63) is 41.0 Å². The molecular formula is C12H14ClN3OS. The van der Waals surface area contributed by atoms with E-state index in [2.05, 4.69) is 10.1 Å². The Morgan fingerprint density at radius 2 is 2.22 bits per heavy atom. The fraction of sp³-hybridized carbons (Fsp3) is 0.333. The molecule has 0 atom stereocenters. The van der Waals surface area contributed by atoms with Crippen LogP contribution in [0.3, 0.4) is 0 Å². The summed E-state index contributed by atoms with van der Waals surface area (Å²) in [5.74, 6) is 1.68. The topological polar surface area (TPSA) is 64.9 Å². The van der Waals surface area contributed by atoms with Crippen molar-refractivity contribution in [2.24, 2.45) is 5.73 Å². The molecule has 2 N–H and O–H groups in total. The molecule has 1 heterocycles. The van der Waals surface area contributed by atoms with Crippen LogP contribution in [-0.4, -0.2) is 10.1 Å². The third kappa shape index (κ3) is 3.48. The Bertz CT molecular complexity index is 536. The van der Waals surface area contributed by atoms with E-state index in [-0.39, 0.29) is 0 Å². The van der Waals surface area contributed by atoms with Crippen molar-refractivity contribution in [1.82, 2.24) is 10.1 Å². The highest BCUT2D eigenvalue weighted by atomic mass is 35.5. The van der Waals surface area contributed by atoms with E-state index in [9.17, 15) is 0 Å². The molecule has 0 aliphatic carbocycles. The predicted octanol–water partition coefficient (Wildman–Crippen LogP) is 3.21. The highest BCUT2D eigenvalue weighted by Crippen LogP contribution is 2.25. The van der Waals surface area contributed by atoms with Crippen LogP contribution in [-0.2, 0) is 11.3 Å². The van der Waals surface area contributed by atoms with Gasteiger partial charge in [0.05, 0.1) is 11.3 Å². The van der Waals surface area contributed by atoms with Crippen LogP contribution in [0.5, 0.6) is 0 Å². The molecule has 0 radical (unpaired) electrons. The van der Waals surface area contributed by atoms with Gasteiger partial charge >= 0.3 is 0 Å². The summed E-state index contributed by atoms with van der Waals surface area (Å²) < 4.78 is 5.15.